The van der Waals surface area contributed by atoms with Gasteiger partial charge >= 0.3 is 0 Å². The Bertz CT molecular complexity index is 248. The monoisotopic (exact) mass is 196 g/mol. The Morgan fingerprint density at radius 1 is 1.00 bits per heavy atom. The van der Waals surface area contributed by atoms with Gasteiger partial charge in [-0.25, -0.2) is 0 Å². The highest BCUT2D eigenvalue weighted by atomic mass is 32.2. The lowest BCUT2D eigenvalue weighted by Gasteiger charge is -2.00. The molecule has 62 valence electrons. The van der Waals surface area contributed by atoms with Crippen molar-refractivity contribution in [1.29, 1.82) is 10.5 Å². The number of thiocyanates is 2. The second-order valence-corrected chi connectivity index (χ2v) is 3.35. The molecule has 0 N–H and O–H groups in total. The van der Waals surface area contributed by atoms with Crippen molar-refractivity contribution < 1.29 is 0 Å². The maximum absolute atomic E-state index is 8.43. The molecule has 0 aromatic rings. The van der Waals surface area contributed by atoms with Crippen LogP contribution in [0.25, 0.3) is 0 Å². The summed E-state index contributed by atoms with van der Waals surface area (Å²) in [6.07, 6.45) is 3.65. The van der Waals surface area contributed by atoms with Crippen LogP contribution in [0.3, 0.4) is 0 Å². The van der Waals surface area contributed by atoms with E-state index in [2.05, 4.69) is 0 Å². The molecule has 0 unspecified atom stereocenters. The van der Waals surface area contributed by atoms with E-state index in [0.717, 1.165) is 33.3 Å². The van der Waals surface area contributed by atoms with Gasteiger partial charge in [0, 0.05) is 9.81 Å². The first-order valence-corrected chi connectivity index (χ1v) is 4.88. The Morgan fingerprint density at radius 2 is 1.33 bits per heavy atom. The molecule has 0 spiro atoms. The second-order valence-electron chi connectivity index (χ2n) is 1.69. The zero-order valence-electron chi connectivity index (χ0n) is 6.87. The van der Waals surface area contributed by atoms with E-state index < -0.39 is 0 Å². The number of thioether (sulfide) groups is 2. The highest BCUT2D eigenvalue weighted by Gasteiger charge is 2.03. The third kappa shape index (κ3) is 3.52. The lowest BCUT2D eigenvalue weighted by molar-refractivity contribution is 1.56. The molecule has 4 heteroatoms. The summed E-state index contributed by atoms with van der Waals surface area (Å²) in [4.78, 5) is 1.68. The molecule has 12 heavy (non-hydrogen) atoms. The Labute approximate surface area is 80.9 Å². The molecule has 0 heterocycles. The van der Waals surface area contributed by atoms with Gasteiger partial charge in [-0.1, -0.05) is 12.2 Å². The van der Waals surface area contributed by atoms with Gasteiger partial charge in [0.1, 0.15) is 10.8 Å². The summed E-state index contributed by atoms with van der Waals surface area (Å²) >= 11 is 2.15. The van der Waals surface area contributed by atoms with Crippen LogP contribution >= 0.6 is 23.5 Å². The van der Waals surface area contributed by atoms with Gasteiger partial charge in [0.2, 0.25) is 0 Å². The van der Waals surface area contributed by atoms with E-state index >= 15 is 0 Å². The Hall–Kier alpha value is -0.840. The van der Waals surface area contributed by atoms with Crippen LogP contribution in [0, 0.1) is 21.3 Å². The van der Waals surface area contributed by atoms with Gasteiger partial charge in [-0.2, -0.15) is 10.5 Å². The molecule has 0 aliphatic carbocycles. The first-order chi connectivity index (χ1) is 5.79. The van der Waals surface area contributed by atoms with Crippen LogP contribution in [0.15, 0.2) is 22.0 Å². The van der Waals surface area contributed by atoms with Gasteiger partial charge < -0.3 is 0 Å². The van der Waals surface area contributed by atoms with Crippen molar-refractivity contribution in [2.45, 2.75) is 13.8 Å². The first kappa shape index (κ1) is 11.2. The largest absolute Gasteiger partial charge is 0.185 e. The Morgan fingerprint density at radius 3 is 1.50 bits per heavy atom. The van der Waals surface area contributed by atoms with Crippen LogP contribution in [-0.4, -0.2) is 0 Å². The second kappa shape index (κ2) is 6.84. The van der Waals surface area contributed by atoms with Crippen molar-refractivity contribution in [3.05, 3.63) is 22.0 Å². The van der Waals surface area contributed by atoms with Gasteiger partial charge in [0.25, 0.3) is 0 Å². The van der Waals surface area contributed by atoms with Crippen molar-refractivity contribution in [3.8, 4) is 10.8 Å². The van der Waals surface area contributed by atoms with Crippen molar-refractivity contribution in [2.24, 2.45) is 0 Å². The molecular formula is C8H8N2S2. The van der Waals surface area contributed by atoms with Crippen molar-refractivity contribution in [3.63, 3.8) is 0 Å². The number of rotatable bonds is 3. The van der Waals surface area contributed by atoms with Crippen LogP contribution in [0.1, 0.15) is 13.8 Å². The summed E-state index contributed by atoms with van der Waals surface area (Å²) in [5.74, 6) is 0. The van der Waals surface area contributed by atoms with E-state index in [1.54, 1.807) is 0 Å². The summed E-state index contributed by atoms with van der Waals surface area (Å²) in [6.45, 7) is 3.70. The van der Waals surface area contributed by atoms with Crippen LogP contribution in [0.4, 0.5) is 0 Å². The van der Waals surface area contributed by atoms with Gasteiger partial charge in [-0.15, -0.1) is 0 Å². The summed E-state index contributed by atoms with van der Waals surface area (Å²) in [5, 5.41) is 20.8. The molecule has 0 aliphatic heterocycles. The number of hydrogen-bond acceptors (Lipinski definition) is 4. The highest BCUT2D eigenvalue weighted by molar-refractivity contribution is 8.12. The molecule has 0 aromatic carbocycles. The van der Waals surface area contributed by atoms with Crippen LogP contribution in [0.2, 0.25) is 0 Å². The Balaban J connectivity index is 4.53. The summed E-state index contributed by atoms with van der Waals surface area (Å²) in [5.41, 5.74) is 0. The number of nitrogens with zero attached hydrogens (tertiary/aromatic N) is 2. The van der Waals surface area contributed by atoms with Crippen molar-refractivity contribution >= 4 is 23.5 Å². The quantitative estimate of drug-likeness (QED) is 0.513. The van der Waals surface area contributed by atoms with Crippen LogP contribution < -0.4 is 0 Å². The van der Waals surface area contributed by atoms with E-state index in [1.165, 1.54) is 0 Å². The molecule has 0 fully saturated rings. The zero-order chi connectivity index (χ0) is 9.40. The fourth-order valence-electron chi connectivity index (χ4n) is 0.601. The predicted molar refractivity (Wildman–Crippen MR) is 53.9 cm³/mol. The van der Waals surface area contributed by atoms with E-state index in [9.17, 15) is 0 Å². The summed E-state index contributed by atoms with van der Waals surface area (Å²) < 4.78 is 0. The van der Waals surface area contributed by atoms with Crippen molar-refractivity contribution in [1.82, 2.24) is 0 Å². The highest BCUT2D eigenvalue weighted by Crippen LogP contribution is 2.30. The fraction of sp³-hybridized carbons (Fsp3) is 0.250. The van der Waals surface area contributed by atoms with Gasteiger partial charge in [0.05, 0.1) is 0 Å². The molecule has 0 saturated carbocycles. The smallest absolute Gasteiger partial charge is 0.138 e. The number of hydrogen-bond donors (Lipinski definition) is 0. The average molecular weight is 196 g/mol. The summed E-state index contributed by atoms with van der Waals surface area (Å²) in [7, 11) is 0. The van der Waals surface area contributed by atoms with Crippen molar-refractivity contribution in [2.75, 3.05) is 0 Å². The molecule has 0 saturated heterocycles. The predicted octanol–water partition coefficient (Wildman–Crippen LogP) is 3.22. The molecular weight excluding hydrogens is 188 g/mol. The Kier molecular flexibility index (Phi) is 6.37. The molecule has 0 aliphatic rings. The van der Waals surface area contributed by atoms with Crippen LogP contribution in [0.5, 0.6) is 0 Å². The van der Waals surface area contributed by atoms with Gasteiger partial charge in [-0.05, 0) is 37.4 Å². The van der Waals surface area contributed by atoms with E-state index in [4.69, 9.17) is 10.5 Å². The van der Waals surface area contributed by atoms with E-state index in [-0.39, 0.29) is 0 Å². The minimum atomic E-state index is 0.839. The zero-order valence-corrected chi connectivity index (χ0v) is 8.50. The minimum Gasteiger partial charge on any atom is -0.185 e. The average Bonchev–Trinajstić information content (AvgIpc) is 2.11. The minimum absolute atomic E-state index is 0.839. The van der Waals surface area contributed by atoms with Gasteiger partial charge in [-0.3, -0.25) is 0 Å². The number of allylic oxidation sites excluding steroid dienone is 2. The van der Waals surface area contributed by atoms with Crippen LogP contribution in [-0.2, 0) is 0 Å². The molecule has 0 atom stereocenters. The molecule has 0 radical (unpaired) electrons. The lowest BCUT2D eigenvalue weighted by atomic mass is 10.4. The topological polar surface area (TPSA) is 47.6 Å². The normalized spacial score (nSPS) is 12.0. The third-order valence-electron chi connectivity index (χ3n) is 1.08. The third-order valence-corrected chi connectivity index (χ3v) is 2.74. The molecule has 2 nitrogen and oxygen atoms in total. The molecule has 0 aromatic heterocycles. The molecule has 0 amide bonds. The van der Waals surface area contributed by atoms with E-state index in [1.807, 2.05) is 36.8 Å². The standard InChI is InChI=1S/C8H8N2S2/c1-3-7(11-5-9)8(4-2)12-6-10/h3-4H,1-2H3/b7-3-,8-4-. The number of nitriles is 2. The SMILES string of the molecule is C/C=C(SC#N)/C(=C/C)SC#N. The summed E-state index contributed by atoms with van der Waals surface area (Å²) in [6, 6.07) is 0. The first-order valence-electron chi connectivity index (χ1n) is 3.25. The maximum Gasteiger partial charge on any atom is 0.138 e. The molecule has 0 bridgehead atoms. The molecule has 0 rings (SSSR count). The lowest BCUT2D eigenvalue weighted by Crippen LogP contribution is -1.76. The fourth-order valence-corrected chi connectivity index (χ4v) is 1.72. The van der Waals surface area contributed by atoms with E-state index in [0.29, 0.717) is 0 Å². The maximum atomic E-state index is 8.43. The van der Waals surface area contributed by atoms with Gasteiger partial charge in [0.15, 0.2) is 0 Å².